The maximum atomic E-state index is 12.7. The summed E-state index contributed by atoms with van der Waals surface area (Å²) in [6.45, 7) is 7.55. The molecule has 6 heteroatoms. The van der Waals surface area contributed by atoms with Crippen molar-refractivity contribution in [3.63, 3.8) is 0 Å². The highest BCUT2D eigenvalue weighted by molar-refractivity contribution is 7.89. The number of amides is 1. The van der Waals surface area contributed by atoms with Crippen molar-refractivity contribution < 1.29 is 13.2 Å². The molecule has 0 heterocycles. The predicted octanol–water partition coefficient (Wildman–Crippen LogP) is 1.88. The topological polar surface area (TPSA) is 66.5 Å². The van der Waals surface area contributed by atoms with Crippen molar-refractivity contribution in [2.45, 2.75) is 77.4 Å². The Morgan fingerprint density at radius 3 is 2.00 bits per heavy atom. The van der Waals surface area contributed by atoms with Crippen LogP contribution in [0.15, 0.2) is 0 Å². The third-order valence-electron chi connectivity index (χ3n) is 3.97. The molecule has 0 saturated heterocycles. The molecule has 0 atom stereocenters. The lowest BCUT2D eigenvalue weighted by atomic mass is 9.83. The van der Waals surface area contributed by atoms with Gasteiger partial charge in [-0.15, -0.1) is 0 Å². The Labute approximate surface area is 123 Å². The molecule has 0 radical (unpaired) electrons. The van der Waals surface area contributed by atoms with E-state index in [1.165, 1.54) is 0 Å². The van der Waals surface area contributed by atoms with Gasteiger partial charge in [-0.3, -0.25) is 4.79 Å². The second-order valence-corrected chi connectivity index (χ2v) is 8.25. The fraction of sp³-hybridized carbons (Fsp3) is 0.929. The molecule has 20 heavy (non-hydrogen) atoms. The Bertz CT molecular complexity index is 404. The number of hydrogen-bond donors (Lipinski definition) is 1. The van der Waals surface area contributed by atoms with Gasteiger partial charge in [0.1, 0.15) is 0 Å². The standard InChI is InChI=1S/C14H28N2O3S/c1-12(2)16(13(3)4)20(18,19)10-14(15-11-17)8-6-5-7-9-14/h11-13H,5-10H2,1-4H3,(H,15,17). The zero-order valence-electron chi connectivity index (χ0n) is 13.1. The molecule has 0 aromatic heterocycles. The molecule has 0 spiro atoms. The highest BCUT2D eigenvalue weighted by Crippen LogP contribution is 2.30. The van der Waals surface area contributed by atoms with Crippen LogP contribution in [0.5, 0.6) is 0 Å². The SMILES string of the molecule is CC(C)N(C(C)C)S(=O)(=O)CC1(NC=O)CCCCC1. The number of nitrogens with zero attached hydrogens (tertiary/aromatic N) is 1. The van der Waals surface area contributed by atoms with Crippen LogP contribution in [0.1, 0.15) is 59.8 Å². The van der Waals surface area contributed by atoms with E-state index >= 15 is 0 Å². The summed E-state index contributed by atoms with van der Waals surface area (Å²) in [6, 6.07) is -0.145. The molecular formula is C14H28N2O3S. The van der Waals surface area contributed by atoms with Gasteiger partial charge < -0.3 is 5.32 Å². The maximum Gasteiger partial charge on any atom is 0.216 e. The largest absolute Gasteiger partial charge is 0.352 e. The lowest BCUT2D eigenvalue weighted by molar-refractivity contribution is -0.111. The number of carbonyl (C=O) groups is 1. The summed E-state index contributed by atoms with van der Waals surface area (Å²) in [5.74, 6) is 0.00903. The fourth-order valence-electron chi connectivity index (χ4n) is 3.35. The summed E-state index contributed by atoms with van der Waals surface area (Å²) >= 11 is 0. The van der Waals surface area contributed by atoms with Gasteiger partial charge in [-0.2, -0.15) is 4.31 Å². The van der Waals surface area contributed by atoms with Gasteiger partial charge >= 0.3 is 0 Å². The summed E-state index contributed by atoms with van der Waals surface area (Å²) in [4.78, 5) is 10.9. The van der Waals surface area contributed by atoms with Crippen LogP contribution in [0.25, 0.3) is 0 Å². The van der Waals surface area contributed by atoms with Crippen molar-refractivity contribution in [1.82, 2.24) is 9.62 Å². The van der Waals surface area contributed by atoms with E-state index in [2.05, 4.69) is 5.32 Å². The highest BCUT2D eigenvalue weighted by Gasteiger charge is 2.40. The molecule has 0 bridgehead atoms. The number of sulfonamides is 1. The molecule has 1 fully saturated rings. The van der Waals surface area contributed by atoms with E-state index < -0.39 is 15.6 Å². The van der Waals surface area contributed by atoms with Crippen LogP contribution in [0.4, 0.5) is 0 Å². The summed E-state index contributed by atoms with van der Waals surface area (Å²) in [5, 5.41) is 2.80. The van der Waals surface area contributed by atoms with E-state index in [0.717, 1.165) is 32.1 Å². The van der Waals surface area contributed by atoms with Crippen LogP contribution >= 0.6 is 0 Å². The Hall–Kier alpha value is -0.620. The van der Waals surface area contributed by atoms with Crippen LogP contribution in [-0.2, 0) is 14.8 Å². The first-order valence-corrected chi connectivity index (χ1v) is 9.07. The van der Waals surface area contributed by atoms with E-state index in [4.69, 9.17) is 0 Å². The van der Waals surface area contributed by atoms with Gasteiger partial charge in [0.05, 0.1) is 11.3 Å². The number of nitrogens with one attached hydrogen (secondary N) is 1. The second-order valence-electron chi connectivity index (χ2n) is 6.38. The van der Waals surface area contributed by atoms with Crippen molar-refractivity contribution in [3.8, 4) is 0 Å². The fourth-order valence-corrected chi connectivity index (χ4v) is 5.85. The molecule has 0 unspecified atom stereocenters. The lowest BCUT2D eigenvalue weighted by Crippen LogP contribution is -2.55. The third kappa shape index (κ3) is 4.19. The van der Waals surface area contributed by atoms with Gasteiger partial charge in [-0.05, 0) is 40.5 Å². The van der Waals surface area contributed by atoms with Crippen molar-refractivity contribution in [2.75, 3.05) is 5.75 Å². The molecule has 0 aromatic carbocycles. The number of carbonyl (C=O) groups excluding carboxylic acids is 1. The van der Waals surface area contributed by atoms with Crippen molar-refractivity contribution in [2.24, 2.45) is 0 Å². The number of hydrogen-bond acceptors (Lipinski definition) is 3. The molecule has 118 valence electrons. The van der Waals surface area contributed by atoms with Crippen LogP contribution in [0.3, 0.4) is 0 Å². The van der Waals surface area contributed by atoms with E-state index in [1.54, 1.807) is 4.31 Å². The third-order valence-corrected chi connectivity index (χ3v) is 6.38. The zero-order valence-corrected chi connectivity index (χ0v) is 13.9. The molecule has 1 amide bonds. The summed E-state index contributed by atoms with van der Waals surface area (Å²) in [6.07, 6.45) is 5.19. The van der Waals surface area contributed by atoms with Crippen LogP contribution in [-0.4, -0.2) is 42.5 Å². The molecule has 1 saturated carbocycles. The molecule has 5 nitrogen and oxygen atoms in total. The van der Waals surface area contributed by atoms with E-state index in [0.29, 0.717) is 6.41 Å². The van der Waals surface area contributed by atoms with Gasteiger partial charge in [-0.1, -0.05) is 19.3 Å². The molecule has 1 aliphatic carbocycles. The van der Waals surface area contributed by atoms with E-state index in [9.17, 15) is 13.2 Å². The highest BCUT2D eigenvalue weighted by atomic mass is 32.2. The van der Waals surface area contributed by atoms with Crippen LogP contribution in [0, 0.1) is 0 Å². The van der Waals surface area contributed by atoms with Gasteiger partial charge in [-0.25, -0.2) is 8.42 Å². The summed E-state index contributed by atoms with van der Waals surface area (Å²) < 4.78 is 27.0. The van der Waals surface area contributed by atoms with E-state index in [-0.39, 0.29) is 17.8 Å². The Morgan fingerprint density at radius 2 is 1.60 bits per heavy atom. The van der Waals surface area contributed by atoms with Crippen LogP contribution in [0.2, 0.25) is 0 Å². The molecule has 1 N–H and O–H groups in total. The van der Waals surface area contributed by atoms with Crippen LogP contribution < -0.4 is 5.32 Å². The normalized spacial score (nSPS) is 19.6. The van der Waals surface area contributed by atoms with Gasteiger partial charge in [0, 0.05) is 12.1 Å². The van der Waals surface area contributed by atoms with Crippen molar-refractivity contribution in [1.29, 1.82) is 0 Å². The summed E-state index contributed by atoms with van der Waals surface area (Å²) in [7, 11) is -3.39. The predicted molar refractivity (Wildman–Crippen MR) is 80.9 cm³/mol. The lowest BCUT2D eigenvalue weighted by Gasteiger charge is -2.39. The van der Waals surface area contributed by atoms with Crippen molar-refractivity contribution >= 4 is 16.4 Å². The smallest absolute Gasteiger partial charge is 0.216 e. The quantitative estimate of drug-likeness (QED) is 0.730. The van der Waals surface area contributed by atoms with E-state index in [1.807, 2.05) is 27.7 Å². The Morgan fingerprint density at radius 1 is 1.10 bits per heavy atom. The minimum atomic E-state index is -3.39. The Kier molecular flexibility index (Phi) is 6.01. The minimum Gasteiger partial charge on any atom is -0.352 e. The number of rotatable bonds is 7. The van der Waals surface area contributed by atoms with Crippen molar-refractivity contribution in [3.05, 3.63) is 0 Å². The molecular weight excluding hydrogens is 276 g/mol. The molecule has 1 aliphatic rings. The maximum absolute atomic E-state index is 12.7. The molecule has 0 aromatic rings. The van der Waals surface area contributed by atoms with Gasteiger partial charge in [0.25, 0.3) is 0 Å². The zero-order chi connectivity index (χ0) is 15.4. The monoisotopic (exact) mass is 304 g/mol. The minimum absolute atomic E-state index is 0.00903. The molecule has 1 rings (SSSR count). The van der Waals surface area contributed by atoms with Gasteiger partial charge in [0.2, 0.25) is 16.4 Å². The summed E-state index contributed by atoms with van der Waals surface area (Å²) in [5.41, 5.74) is -0.582. The first-order chi connectivity index (χ1) is 9.24. The average Bonchev–Trinajstić information content (AvgIpc) is 2.27. The first-order valence-electron chi connectivity index (χ1n) is 7.47. The molecule has 0 aliphatic heterocycles. The average molecular weight is 304 g/mol. The van der Waals surface area contributed by atoms with Gasteiger partial charge in [0.15, 0.2) is 0 Å². The second kappa shape index (κ2) is 6.89. The first kappa shape index (κ1) is 17.4. The Balaban J connectivity index is 2.98.